The van der Waals surface area contributed by atoms with Crippen molar-refractivity contribution >= 4 is 26.7 Å². The fourth-order valence-electron chi connectivity index (χ4n) is 0.645. The molecule has 2 nitrogen and oxygen atoms in total. The molecule has 0 bridgehead atoms. The molecule has 0 aliphatic rings. The van der Waals surface area contributed by atoms with Gasteiger partial charge in [-0.1, -0.05) is 6.92 Å². The van der Waals surface area contributed by atoms with Crippen LogP contribution in [0.4, 0.5) is 0 Å². The predicted molar refractivity (Wildman–Crippen MR) is 48.9 cm³/mol. The molecule has 60 valence electrons. The van der Waals surface area contributed by atoms with Gasteiger partial charge in [-0.3, -0.25) is 4.21 Å². The average molecular weight is 234 g/mol. The largest absolute Gasteiger partial charge is 0.253 e. The Morgan fingerprint density at radius 2 is 2.36 bits per heavy atom. The molecular weight excluding hydrogens is 226 g/mol. The van der Waals surface area contributed by atoms with E-state index in [1.165, 1.54) is 0 Å². The zero-order valence-corrected chi connectivity index (χ0v) is 8.48. The Bertz CT molecular complexity index is 260. The van der Waals surface area contributed by atoms with Gasteiger partial charge in [0.05, 0.1) is 10.8 Å². The molecule has 0 saturated carbocycles. The number of hydrogen-bond donors (Lipinski definition) is 0. The minimum absolute atomic E-state index is 0.620. The van der Waals surface area contributed by atoms with Crippen molar-refractivity contribution in [3.05, 3.63) is 22.8 Å². The number of halogens is 1. The molecule has 0 N–H and O–H groups in total. The van der Waals surface area contributed by atoms with Crippen LogP contribution in [0.5, 0.6) is 0 Å². The second-order valence-electron chi connectivity index (χ2n) is 1.95. The predicted octanol–water partition coefficient (Wildman–Crippen LogP) is 1.97. The lowest BCUT2D eigenvalue weighted by Crippen LogP contribution is -1.96. The van der Waals surface area contributed by atoms with Crippen LogP contribution in [0.1, 0.15) is 6.92 Å². The standard InChI is InChI=1S/C7H8BrNOS/c1-2-11(10)7-4-3-6(8)5-9-7/h3-5H,2H2,1H3/t11-/m1/s1. The molecular formula is C7H8BrNOS. The van der Waals surface area contributed by atoms with Gasteiger partial charge in [-0.05, 0) is 28.1 Å². The number of rotatable bonds is 2. The van der Waals surface area contributed by atoms with Crippen LogP contribution in [-0.4, -0.2) is 14.9 Å². The van der Waals surface area contributed by atoms with E-state index in [2.05, 4.69) is 20.9 Å². The Morgan fingerprint density at radius 3 is 2.82 bits per heavy atom. The Kier molecular flexibility index (Phi) is 3.20. The van der Waals surface area contributed by atoms with Gasteiger partial charge in [0.1, 0.15) is 5.03 Å². The highest BCUT2D eigenvalue weighted by atomic mass is 79.9. The van der Waals surface area contributed by atoms with E-state index in [1.54, 1.807) is 12.3 Å². The molecule has 0 spiro atoms. The summed E-state index contributed by atoms with van der Waals surface area (Å²) in [7, 11) is -0.931. The summed E-state index contributed by atoms with van der Waals surface area (Å²) in [5.74, 6) is 0.620. The topological polar surface area (TPSA) is 30.0 Å². The minimum atomic E-state index is -0.931. The molecule has 0 aliphatic heterocycles. The minimum Gasteiger partial charge on any atom is -0.253 e. The second-order valence-corrected chi connectivity index (χ2v) is 4.55. The Labute approximate surface area is 76.6 Å². The van der Waals surface area contributed by atoms with Crippen LogP contribution in [0.2, 0.25) is 0 Å². The van der Waals surface area contributed by atoms with E-state index >= 15 is 0 Å². The number of pyridine rings is 1. The summed E-state index contributed by atoms with van der Waals surface area (Å²) in [5.41, 5.74) is 0. The lowest BCUT2D eigenvalue weighted by Gasteiger charge is -1.96. The molecule has 0 unspecified atom stereocenters. The van der Waals surface area contributed by atoms with E-state index in [4.69, 9.17) is 0 Å². The van der Waals surface area contributed by atoms with Crippen molar-refractivity contribution in [1.29, 1.82) is 0 Å². The van der Waals surface area contributed by atoms with E-state index in [-0.39, 0.29) is 0 Å². The Balaban J connectivity index is 2.90. The summed E-state index contributed by atoms with van der Waals surface area (Å²) in [5, 5.41) is 0.649. The van der Waals surface area contributed by atoms with Crippen molar-refractivity contribution in [2.45, 2.75) is 11.9 Å². The molecule has 1 heterocycles. The van der Waals surface area contributed by atoms with Crippen LogP contribution in [0, 0.1) is 0 Å². The zero-order chi connectivity index (χ0) is 8.27. The highest BCUT2D eigenvalue weighted by Crippen LogP contribution is 2.09. The normalized spacial score (nSPS) is 12.9. The fraction of sp³-hybridized carbons (Fsp3) is 0.286. The van der Waals surface area contributed by atoms with Crippen LogP contribution in [-0.2, 0) is 10.8 Å². The molecule has 4 heteroatoms. The van der Waals surface area contributed by atoms with Gasteiger partial charge in [-0.15, -0.1) is 0 Å². The molecule has 0 fully saturated rings. The third kappa shape index (κ3) is 2.38. The van der Waals surface area contributed by atoms with Crippen LogP contribution in [0.15, 0.2) is 27.8 Å². The maximum atomic E-state index is 11.2. The number of hydrogen-bond acceptors (Lipinski definition) is 2. The van der Waals surface area contributed by atoms with E-state index < -0.39 is 10.8 Å². The third-order valence-corrected chi connectivity index (χ3v) is 2.90. The van der Waals surface area contributed by atoms with Gasteiger partial charge in [0.2, 0.25) is 0 Å². The van der Waals surface area contributed by atoms with Gasteiger partial charge in [0.15, 0.2) is 0 Å². The maximum absolute atomic E-state index is 11.2. The Morgan fingerprint density at radius 1 is 1.64 bits per heavy atom. The molecule has 0 saturated heterocycles. The van der Waals surface area contributed by atoms with Gasteiger partial charge in [0, 0.05) is 16.4 Å². The molecule has 11 heavy (non-hydrogen) atoms. The molecule has 0 radical (unpaired) electrons. The molecule has 0 amide bonds. The molecule has 0 aliphatic carbocycles. The highest BCUT2D eigenvalue weighted by Gasteiger charge is 2.00. The van der Waals surface area contributed by atoms with Crippen molar-refractivity contribution < 1.29 is 4.21 Å². The first-order chi connectivity index (χ1) is 5.24. The quantitative estimate of drug-likeness (QED) is 0.783. The van der Waals surface area contributed by atoms with Crippen LogP contribution >= 0.6 is 15.9 Å². The van der Waals surface area contributed by atoms with Crippen molar-refractivity contribution in [3.8, 4) is 0 Å². The van der Waals surface area contributed by atoms with Crippen LogP contribution < -0.4 is 0 Å². The number of aromatic nitrogens is 1. The first kappa shape index (κ1) is 8.87. The van der Waals surface area contributed by atoms with Gasteiger partial charge < -0.3 is 0 Å². The van der Waals surface area contributed by atoms with Crippen molar-refractivity contribution in [1.82, 2.24) is 4.98 Å². The van der Waals surface area contributed by atoms with E-state index in [0.717, 1.165) is 4.47 Å². The van der Waals surface area contributed by atoms with Crippen LogP contribution in [0.25, 0.3) is 0 Å². The van der Waals surface area contributed by atoms with Gasteiger partial charge >= 0.3 is 0 Å². The van der Waals surface area contributed by atoms with E-state index in [0.29, 0.717) is 10.8 Å². The summed E-state index contributed by atoms with van der Waals surface area (Å²) in [6, 6.07) is 3.61. The van der Waals surface area contributed by atoms with Gasteiger partial charge in [-0.2, -0.15) is 0 Å². The van der Waals surface area contributed by atoms with Crippen molar-refractivity contribution in [3.63, 3.8) is 0 Å². The van der Waals surface area contributed by atoms with Gasteiger partial charge in [0.25, 0.3) is 0 Å². The smallest absolute Gasteiger partial charge is 0.127 e. The van der Waals surface area contributed by atoms with Gasteiger partial charge in [-0.25, -0.2) is 4.98 Å². The molecule has 1 aromatic heterocycles. The summed E-state index contributed by atoms with van der Waals surface area (Å²) in [4.78, 5) is 4.00. The number of nitrogens with zero attached hydrogens (tertiary/aromatic N) is 1. The Hall–Kier alpha value is -0.220. The summed E-state index contributed by atoms with van der Waals surface area (Å²) in [6.45, 7) is 1.87. The van der Waals surface area contributed by atoms with E-state index in [9.17, 15) is 4.21 Å². The monoisotopic (exact) mass is 233 g/mol. The summed E-state index contributed by atoms with van der Waals surface area (Å²) >= 11 is 3.26. The molecule has 1 rings (SSSR count). The third-order valence-electron chi connectivity index (χ3n) is 1.20. The van der Waals surface area contributed by atoms with Crippen molar-refractivity contribution in [2.24, 2.45) is 0 Å². The lowest BCUT2D eigenvalue weighted by atomic mass is 10.5. The average Bonchev–Trinajstić information content (AvgIpc) is 2.05. The highest BCUT2D eigenvalue weighted by molar-refractivity contribution is 9.10. The SMILES string of the molecule is CC[S@@](=O)c1ccc(Br)cn1. The zero-order valence-electron chi connectivity index (χ0n) is 6.08. The maximum Gasteiger partial charge on any atom is 0.127 e. The fourth-order valence-corrected chi connectivity index (χ4v) is 1.57. The van der Waals surface area contributed by atoms with Crippen LogP contribution in [0.3, 0.4) is 0 Å². The van der Waals surface area contributed by atoms with E-state index in [1.807, 2.05) is 13.0 Å². The summed E-state index contributed by atoms with van der Waals surface area (Å²) in [6.07, 6.45) is 1.66. The second kappa shape index (κ2) is 3.97. The summed E-state index contributed by atoms with van der Waals surface area (Å²) < 4.78 is 12.1. The molecule has 0 aromatic carbocycles. The van der Waals surface area contributed by atoms with Crippen molar-refractivity contribution in [2.75, 3.05) is 5.75 Å². The molecule has 1 aromatic rings. The lowest BCUT2D eigenvalue weighted by molar-refractivity contribution is 0.681. The first-order valence-electron chi connectivity index (χ1n) is 3.24. The molecule has 1 atom stereocenters. The first-order valence-corrected chi connectivity index (χ1v) is 5.35.